The average molecular weight is 390 g/mol. The smallest absolute Gasteiger partial charge is 0.255 e. The standard InChI is InChI=1S/C20H31N5O3/c1-3-17(19(26)21-2)23-18-5-4-15(14-22-18)20(27)25-8-6-16(7-9-25)24-10-12-28-13-11-24/h4-5,14,16-17H,3,6-13H2,1-2H3,(H,21,26)(H,22,23)/t17-/m1/s1. The molecular formula is C20H31N5O3. The Balaban J connectivity index is 1.52. The van der Waals surface area contributed by atoms with Crippen molar-refractivity contribution in [3.63, 3.8) is 0 Å². The zero-order valence-corrected chi connectivity index (χ0v) is 16.8. The molecule has 154 valence electrons. The second-order valence-electron chi connectivity index (χ2n) is 7.32. The average Bonchev–Trinajstić information content (AvgIpc) is 2.77. The van der Waals surface area contributed by atoms with E-state index in [0.717, 1.165) is 52.2 Å². The number of hydrogen-bond donors (Lipinski definition) is 2. The number of nitrogens with one attached hydrogen (secondary N) is 2. The van der Waals surface area contributed by atoms with Crippen LogP contribution in [0.3, 0.4) is 0 Å². The fraction of sp³-hybridized carbons (Fsp3) is 0.650. The van der Waals surface area contributed by atoms with Crippen LogP contribution in [0.5, 0.6) is 0 Å². The molecule has 0 unspecified atom stereocenters. The van der Waals surface area contributed by atoms with Crippen molar-refractivity contribution < 1.29 is 14.3 Å². The molecule has 0 aliphatic carbocycles. The molecule has 0 bridgehead atoms. The maximum Gasteiger partial charge on any atom is 0.255 e. The Morgan fingerprint density at radius 1 is 1.21 bits per heavy atom. The Hall–Kier alpha value is -2.19. The van der Waals surface area contributed by atoms with Crippen molar-refractivity contribution in [2.45, 2.75) is 38.3 Å². The number of pyridine rings is 1. The van der Waals surface area contributed by atoms with Crippen molar-refractivity contribution >= 4 is 17.6 Å². The van der Waals surface area contributed by atoms with Gasteiger partial charge in [0.2, 0.25) is 5.91 Å². The monoisotopic (exact) mass is 389 g/mol. The van der Waals surface area contributed by atoms with Crippen LogP contribution in [0, 0.1) is 0 Å². The molecule has 1 aromatic heterocycles. The number of ether oxygens (including phenoxy) is 1. The van der Waals surface area contributed by atoms with Crippen LogP contribution in [0.15, 0.2) is 18.3 Å². The Morgan fingerprint density at radius 3 is 2.50 bits per heavy atom. The minimum atomic E-state index is -0.335. The molecule has 3 heterocycles. The fourth-order valence-corrected chi connectivity index (χ4v) is 3.87. The molecule has 2 saturated heterocycles. The van der Waals surface area contributed by atoms with Gasteiger partial charge in [-0.3, -0.25) is 14.5 Å². The number of carbonyl (C=O) groups is 2. The van der Waals surface area contributed by atoms with Crippen LogP contribution in [-0.4, -0.2) is 85.1 Å². The highest BCUT2D eigenvalue weighted by molar-refractivity contribution is 5.94. The van der Waals surface area contributed by atoms with Gasteiger partial charge < -0.3 is 20.3 Å². The lowest BCUT2D eigenvalue weighted by atomic mass is 10.0. The lowest BCUT2D eigenvalue weighted by molar-refractivity contribution is -0.121. The number of hydrogen-bond acceptors (Lipinski definition) is 6. The van der Waals surface area contributed by atoms with E-state index in [-0.39, 0.29) is 17.9 Å². The number of aromatic nitrogens is 1. The van der Waals surface area contributed by atoms with Gasteiger partial charge in [-0.2, -0.15) is 0 Å². The number of amides is 2. The first kappa shape index (κ1) is 20.5. The largest absolute Gasteiger partial charge is 0.379 e. The summed E-state index contributed by atoms with van der Waals surface area (Å²) in [6.45, 7) is 7.09. The summed E-state index contributed by atoms with van der Waals surface area (Å²) in [5.74, 6) is 0.545. The minimum absolute atomic E-state index is 0.0258. The third-order valence-corrected chi connectivity index (χ3v) is 5.62. The minimum Gasteiger partial charge on any atom is -0.379 e. The van der Waals surface area contributed by atoms with Crippen molar-refractivity contribution in [2.75, 3.05) is 51.8 Å². The van der Waals surface area contributed by atoms with Crippen LogP contribution >= 0.6 is 0 Å². The van der Waals surface area contributed by atoms with Gasteiger partial charge in [0, 0.05) is 45.5 Å². The summed E-state index contributed by atoms with van der Waals surface area (Å²) in [6, 6.07) is 3.76. The maximum atomic E-state index is 12.8. The van der Waals surface area contributed by atoms with E-state index < -0.39 is 0 Å². The number of anilines is 1. The first-order valence-corrected chi connectivity index (χ1v) is 10.2. The van der Waals surface area contributed by atoms with E-state index in [1.54, 1.807) is 25.4 Å². The second kappa shape index (κ2) is 9.84. The molecular weight excluding hydrogens is 358 g/mol. The Kier molecular flexibility index (Phi) is 7.22. The van der Waals surface area contributed by atoms with E-state index in [1.165, 1.54) is 0 Å². The van der Waals surface area contributed by atoms with Crippen LogP contribution in [0.4, 0.5) is 5.82 Å². The number of rotatable bonds is 6. The Labute approximate surface area is 166 Å². The molecule has 0 spiro atoms. The highest BCUT2D eigenvalue weighted by atomic mass is 16.5. The van der Waals surface area contributed by atoms with Gasteiger partial charge in [0.15, 0.2) is 0 Å². The third kappa shape index (κ3) is 4.99. The van der Waals surface area contributed by atoms with E-state index in [0.29, 0.717) is 23.8 Å². The summed E-state index contributed by atoms with van der Waals surface area (Å²) in [7, 11) is 1.62. The summed E-state index contributed by atoms with van der Waals surface area (Å²) < 4.78 is 5.43. The summed E-state index contributed by atoms with van der Waals surface area (Å²) >= 11 is 0. The number of piperidine rings is 1. The molecule has 3 rings (SSSR count). The molecule has 1 aromatic rings. The molecule has 0 radical (unpaired) electrons. The highest BCUT2D eigenvalue weighted by Crippen LogP contribution is 2.20. The molecule has 28 heavy (non-hydrogen) atoms. The molecule has 2 amide bonds. The second-order valence-corrected chi connectivity index (χ2v) is 7.32. The lowest BCUT2D eigenvalue weighted by Gasteiger charge is -2.40. The number of likely N-dealkylation sites (N-methyl/N-ethyl adjacent to an activating group) is 1. The van der Waals surface area contributed by atoms with E-state index in [1.807, 2.05) is 11.8 Å². The summed E-state index contributed by atoms with van der Waals surface area (Å²) in [6.07, 6.45) is 4.25. The highest BCUT2D eigenvalue weighted by Gasteiger charge is 2.28. The first-order chi connectivity index (χ1) is 13.6. The quantitative estimate of drug-likeness (QED) is 0.754. The SMILES string of the molecule is CC[C@@H](Nc1ccc(C(=O)N2CCC(N3CCOCC3)CC2)cn1)C(=O)NC. The molecule has 2 aliphatic heterocycles. The predicted molar refractivity (Wildman–Crippen MR) is 107 cm³/mol. The Bertz CT molecular complexity index is 652. The number of carbonyl (C=O) groups excluding carboxylic acids is 2. The normalized spacial score (nSPS) is 19.9. The van der Waals surface area contributed by atoms with Gasteiger partial charge in [0.1, 0.15) is 11.9 Å². The molecule has 1 atom stereocenters. The summed E-state index contributed by atoms with van der Waals surface area (Å²) in [5.41, 5.74) is 0.586. The lowest BCUT2D eigenvalue weighted by Crippen LogP contribution is -2.50. The summed E-state index contributed by atoms with van der Waals surface area (Å²) in [5, 5.41) is 5.74. The molecule has 2 aliphatic rings. The maximum absolute atomic E-state index is 12.8. The molecule has 0 aromatic carbocycles. The number of likely N-dealkylation sites (tertiary alicyclic amines) is 1. The van der Waals surface area contributed by atoms with Gasteiger partial charge in [-0.25, -0.2) is 4.98 Å². The van der Waals surface area contributed by atoms with E-state index >= 15 is 0 Å². The zero-order chi connectivity index (χ0) is 19.9. The van der Waals surface area contributed by atoms with Crippen LogP contribution < -0.4 is 10.6 Å². The topological polar surface area (TPSA) is 86.8 Å². The van der Waals surface area contributed by atoms with Crippen LogP contribution in [0.25, 0.3) is 0 Å². The molecule has 2 N–H and O–H groups in total. The number of nitrogens with zero attached hydrogens (tertiary/aromatic N) is 3. The van der Waals surface area contributed by atoms with Crippen molar-refractivity contribution in [2.24, 2.45) is 0 Å². The molecule has 8 heteroatoms. The predicted octanol–water partition coefficient (Wildman–Crippen LogP) is 0.955. The zero-order valence-electron chi connectivity index (χ0n) is 16.8. The van der Waals surface area contributed by atoms with E-state index in [9.17, 15) is 9.59 Å². The van der Waals surface area contributed by atoms with Crippen LogP contribution in [-0.2, 0) is 9.53 Å². The van der Waals surface area contributed by atoms with Gasteiger partial charge >= 0.3 is 0 Å². The van der Waals surface area contributed by atoms with Gasteiger partial charge in [-0.1, -0.05) is 6.92 Å². The third-order valence-electron chi connectivity index (χ3n) is 5.62. The number of morpholine rings is 1. The van der Waals surface area contributed by atoms with Gasteiger partial charge in [-0.05, 0) is 31.4 Å². The van der Waals surface area contributed by atoms with E-state index in [2.05, 4.69) is 20.5 Å². The van der Waals surface area contributed by atoms with Crippen molar-refractivity contribution in [1.29, 1.82) is 0 Å². The molecule has 2 fully saturated rings. The van der Waals surface area contributed by atoms with Gasteiger partial charge in [0.25, 0.3) is 5.91 Å². The van der Waals surface area contributed by atoms with Crippen LogP contribution in [0.1, 0.15) is 36.5 Å². The fourth-order valence-electron chi connectivity index (χ4n) is 3.87. The molecule has 0 saturated carbocycles. The van der Waals surface area contributed by atoms with Crippen molar-refractivity contribution in [3.8, 4) is 0 Å². The molecule has 8 nitrogen and oxygen atoms in total. The first-order valence-electron chi connectivity index (χ1n) is 10.2. The Morgan fingerprint density at radius 2 is 1.93 bits per heavy atom. The summed E-state index contributed by atoms with van der Waals surface area (Å²) in [4.78, 5) is 33.3. The van der Waals surface area contributed by atoms with Gasteiger partial charge in [-0.15, -0.1) is 0 Å². The van der Waals surface area contributed by atoms with Crippen molar-refractivity contribution in [3.05, 3.63) is 23.9 Å². The van der Waals surface area contributed by atoms with Crippen molar-refractivity contribution in [1.82, 2.24) is 20.1 Å². The van der Waals surface area contributed by atoms with Gasteiger partial charge in [0.05, 0.1) is 18.8 Å². The van der Waals surface area contributed by atoms with Crippen LogP contribution in [0.2, 0.25) is 0 Å². The van der Waals surface area contributed by atoms with E-state index in [4.69, 9.17) is 4.74 Å².